The molecule has 0 bridgehead atoms. The predicted octanol–water partition coefficient (Wildman–Crippen LogP) is 0.462. The topological polar surface area (TPSA) is 59.1 Å². The summed E-state index contributed by atoms with van der Waals surface area (Å²) in [5.41, 5.74) is 0.611. The summed E-state index contributed by atoms with van der Waals surface area (Å²) < 4.78 is 38.9. The fourth-order valence-electron chi connectivity index (χ4n) is 2.30. The molecule has 2 aliphatic heterocycles. The van der Waals surface area contributed by atoms with Crippen LogP contribution in [0.1, 0.15) is 0 Å². The number of hydrogen-bond donors (Lipinski definition) is 0. The summed E-state index contributed by atoms with van der Waals surface area (Å²) in [6.07, 6.45) is 0. The third-order valence-electron chi connectivity index (χ3n) is 3.26. The number of ether oxygens (including phenoxy) is 2. The van der Waals surface area contributed by atoms with Gasteiger partial charge in [0.15, 0.2) is 0 Å². The van der Waals surface area contributed by atoms with Crippen LogP contribution < -0.4 is 9.04 Å². The van der Waals surface area contributed by atoms with Crippen molar-refractivity contribution >= 4 is 15.9 Å². The molecule has 0 amide bonds. The first-order chi connectivity index (χ1) is 9.19. The molecule has 7 heteroatoms. The van der Waals surface area contributed by atoms with Crippen molar-refractivity contribution in [3.8, 4) is 5.75 Å². The molecule has 2 heterocycles. The van der Waals surface area contributed by atoms with E-state index in [0.29, 0.717) is 50.9 Å². The van der Waals surface area contributed by atoms with E-state index in [1.165, 1.54) is 8.61 Å². The SMILES string of the molecule is O=S(=O)(N1CCOCC1)N1CCOc2ccccc21. The highest BCUT2D eigenvalue weighted by Gasteiger charge is 2.34. The summed E-state index contributed by atoms with van der Waals surface area (Å²) in [6, 6.07) is 7.21. The van der Waals surface area contributed by atoms with E-state index in [2.05, 4.69) is 0 Å². The fraction of sp³-hybridized carbons (Fsp3) is 0.500. The number of anilines is 1. The Balaban J connectivity index is 1.94. The molecule has 0 unspecified atom stereocenters. The monoisotopic (exact) mass is 284 g/mol. The lowest BCUT2D eigenvalue weighted by molar-refractivity contribution is 0.0728. The standard InChI is InChI=1S/C12H16N2O4S/c15-19(16,13-5-8-17-9-6-13)14-7-10-18-12-4-2-1-3-11(12)14/h1-4H,5-10H2. The first kappa shape index (κ1) is 12.7. The predicted molar refractivity (Wildman–Crippen MR) is 70.6 cm³/mol. The lowest BCUT2D eigenvalue weighted by atomic mass is 10.2. The average Bonchev–Trinajstić information content (AvgIpc) is 2.47. The van der Waals surface area contributed by atoms with E-state index in [-0.39, 0.29) is 0 Å². The van der Waals surface area contributed by atoms with Gasteiger partial charge in [0.2, 0.25) is 0 Å². The smallest absolute Gasteiger partial charge is 0.304 e. The molecule has 3 rings (SSSR count). The van der Waals surface area contributed by atoms with Crippen molar-refractivity contribution in [3.63, 3.8) is 0 Å². The van der Waals surface area contributed by atoms with Crippen molar-refractivity contribution < 1.29 is 17.9 Å². The maximum absolute atomic E-state index is 12.6. The Labute approximate surface area is 112 Å². The second-order valence-corrected chi connectivity index (χ2v) is 6.26. The van der Waals surface area contributed by atoms with Crippen molar-refractivity contribution in [2.75, 3.05) is 43.8 Å². The minimum absolute atomic E-state index is 0.344. The third kappa shape index (κ3) is 2.29. The maximum Gasteiger partial charge on any atom is 0.304 e. The number of benzene rings is 1. The normalized spacial score (nSPS) is 20.7. The molecule has 19 heavy (non-hydrogen) atoms. The van der Waals surface area contributed by atoms with E-state index in [1.807, 2.05) is 12.1 Å². The molecule has 1 aromatic carbocycles. The van der Waals surface area contributed by atoms with Gasteiger partial charge in [-0.25, -0.2) is 0 Å². The first-order valence-corrected chi connectivity index (χ1v) is 7.67. The molecular formula is C12H16N2O4S. The van der Waals surface area contributed by atoms with Gasteiger partial charge in [0.1, 0.15) is 12.4 Å². The number of nitrogens with zero attached hydrogens (tertiary/aromatic N) is 2. The van der Waals surface area contributed by atoms with E-state index in [9.17, 15) is 8.42 Å². The summed E-state index contributed by atoms with van der Waals surface area (Å²) in [4.78, 5) is 0. The van der Waals surface area contributed by atoms with Crippen LogP contribution in [0, 0.1) is 0 Å². The quantitative estimate of drug-likeness (QED) is 0.792. The summed E-state index contributed by atoms with van der Waals surface area (Å²) in [5.74, 6) is 0.616. The number of fused-ring (bicyclic) bond motifs is 1. The lowest BCUT2D eigenvalue weighted by Gasteiger charge is -2.35. The summed E-state index contributed by atoms with van der Waals surface area (Å²) in [6.45, 7) is 2.43. The molecule has 104 valence electrons. The van der Waals surface area contributed by atoms with E-state index in [0.717, 1.165) is 0 Å². The molecule has 1 saturated heterocycles. The second-order valence-electron chi connectivity index (χ2n) is 4.41. The highest BCUT2D eigenvalue weighted by molar-refractivity contribution is 7.90. The van der Waals surface area contributed by atoms with Crippen LogP contribution in [0.3, 0.4) is 0 Å². The van der Waals surface area contributed by atoms with Crippen LogP contribution in [0.25, 0.3) is 0 Å². The number of rotatable bonds is 2. The molecule has 0 radical (unpaired) electrons. The Kier molecular flexibility index (Phi) is 3.34. The summed E-state index contributed by atoms with van der Waals surface area (Å²) >= 11 is 0. The zero-order valence-corrected chi connectivity index (χ0v) is 11.3. The maximum atomic E-state index is 12.6. The second kappa shape index (κ2) is 4.99. The van der Waals surface area contributed by atoms with Crippen molar-refractivity contribution in [1.82, 2.24) is 4.31 Å². The molecule has 0 aliphatic carbocycles. The molecule has 2 aliphatic rings. The Hall–Kier alpha value is -1.31. The molecule has 0 saturated carbocycles. The molecule has 6 nitrogen and oxygen atoms in total. The van der Waals surface area contributed by atoms with Crippen molar-refractivity contribution in [3.05, 3.63) is 24.3 Å². The van der Waals surface area contributed by atoms with E-state index >= 15 is 0 Å². The van der Waals surface area contributed by atoms with Crippen LogP contribution in [0.2, 0.25) is 0 Å². The largest absolute Gasteiger partial charge is 0.489 e. The molecule has 0 spiro atoms. The number of morpholine rings is 1. The van der Waals surface area contributed by atoms with Crippen LogP contribution in [-0.4, -0.2) is 52.2 Å². The average molecular weight is 284 g/mol. The Morgan fingerprint density at radius 3 is 2.53 bits per heavy atom. The Bertz CT molecular complexity index is 555. The third-order valence-corrected chi connectivity index (χ3v) is 5.21. The van der Waals surface area contributed by atoms with Crippen molar-refractivity contribution in [1.29, 1.82) is 0 Å². The van der Waals surface area contributed by atoms with Crippen LogP contribution in [-0.2, 0) is 14.9 Å². The molecule has 1 fully saturated rings. The van der Waals surface area contributed by atoms with Gasteiger partial charge in [-0.2, -0.15) is 12.7 Å². The minimum Gasteiger partial charge on any atom is -0.489 e. The summed E-state index contributed by atoms with van der Waals surface area (Å²) in [5, 5.41) is 0. The highest BCUT2D eigenvalue weighted by Crippen LogP contribution is 2.33. The zero-order chi connectivity index (χ0) is 13.3. The van der Waals surface area contributed by atoms with E-state index < -0.39 is 10.2 Å². The molecule has 0 atom stereocenters. The van der Waals surface area contributed by atoms with Crippen molar-refractivity contribution in [2.45, 2.75) is 0 Å². The van der Waals surface area contributed by atoms with Gasteiger partial charge in [0, 0.05) is 13.1 Å². The molecular weight excluding hydrogens is 268 g/mol. The molecule has 0 aromatic heterocycles. The number of para-hydroxylation sites is 2. The van der Waals surface area contributed by atoms with Crippen LogP contribution in [0.5, 0.6) is 5.75 Å². The van der Waals surface area contributed by atoms with E-state index in [4.69, 9.17) is 9.47 Å². The first-order valence-electron chi connectivity index (χ1n) is 6.27. The molecule has 1 aromatic rings. The number of hydrogen-bond acceptors (Lipinski definition) is 4. The molecule has 0 N–H and O–H groups in total. The Morgan fingerprint density at radius 1 is 1.00 bits per heavy atom. The lowest BCUT2D eigenvalue weighted by Crippen LogP contribution is -2.50. The van der Waals surface area contributed by atoms with Crippen LogP contribution in [0.15, 0.2) is 24.3 Å². The van der Waals surface area contributed by atoms with Crippen molar-refractivity contribution in [2.24, 2.45) is 0 Å². The van der Waals surface area contributed by atoms with E-state index in [1.54, 1.807) is 12.1 Å². The highest BCUT2D eigenvalue weighted by atomic mass is 32.2. The van der Waals surface area contributed by atoms with Gasteiger partial charge in [-0.3, -0.25) is 4.31 Å². The van der Waals surface area contributed by atoms with Gasteiger partial charge < -0.3 is 9.47 Å². The fourth-order valence-corrected chi connectivity index (χ4v) is 3.89. The summed E-state index contributed by atoms with van der Waals surface area (Å²) in [7, 11) is -3.49. The zero-order valence-electron chi connectivity index (χ0n) is 10.5. The van der Waals surface area contributed by atoms with Gasteiger partial charge in [0.05, 0.1) is 25.4 Å². The van der Waals surface area contributed by atoms with Crippen LogP contribution >= 0.6 is 0 Å². The van der Waals surface area contributed by atoms with Gasteiger partial charge in [-0.05, 0) is 12.1 Å². The Morgan fingerprint density at radius 2 is 1.74 bits per heavy atom. The van der Waals surface area contributed by atoms with Gasteiger partial charge >= 0.3 is 10.2 Å². The van der Waals surface area contributed by atoms with Gasteiger partial charge in [0.25, 0.3) is 0 Å². The van der Waals surface area contributed by atoms with Crippen LogP contribution in [0.4, 0.5) is 5.69 Å². The van der Waals surface area contributed by atoms with Gasteiger partial charge in [-0.15, -0.1) is 0 Å². The van der Waals surface area contributed by atoms with Gasteiger partial charge in [-0.1, -0.05) is 12.1 Å². The minimum atomic E-state index is -3.49.